The summed E-state index contributed by atoms with van der Waals surface area (Å²) >= 11 is 6.21. The molecule has 0 bridgehead atoms. The van der Waals surface area contributed by atoms with Gasteiger partial charge in [0, 0.05) is 12.7 Å². The minimum absolute atomic E-state index is 0.0432. The van der Waals surface area contributed by atoms with Crippen LogP contribution in [0.15, 0.2) is 89.4 Å². The maximum Gasteiger partial charge on any atom is 0.269 e. The molecule has 4 aromatic rings. The Morgan fingerprint density at radius 2 is 1.82 bits per heavy atom. The average Bonchev–Trinajstić information content (AvgIpc) is 2.86. The number of hydrogen-bond donors (Lipinski definition) is 1. The number of rotatable bonds is 7. The van der Waals surface area contributed by atoms with Crippen LogP contribution in [0.25, 0.3) is 11.7 Å². The van der Waals surface area contributed by atoms with Crippen LogP contribution in [-0.2, 0) is 11.2 Å². The standard InChI is InChI=1S/C26H19ClN4O3/c27-21-10-4-5-11-22(21)34-25-20(26(33)31-15-7-6-12-23(31)30-25)16-19(17-28)24(32)29-14-13-18-8-2-1-3-9-18/h1-12,15-16H,13-14H2,(H,29,32)/b19-16+. The maximum absolute atomic E-state index is 13.2. The molecule has 2 aromatic carbocycles. The second-order valence-electron chi connectivity index (χ2n) is 7.26. The zero-order chi connectivity index (χ0) is 23.9. The minimum atomic E-state index is -0.598. The summed E-state index contributed by atoms with van der Waals surface area (Å²) in [6, 6.07) is 23.3. The smallest absolute Gasteiger partial charge is 0.269 e. The molecule has 168 valence electrons. The van der Waals surface area contributed by atoms with Gasteiger partial charge in [0.05, 0.1) is 5.02 Å². The fraction of sp³-hybridized carbons (Fsp3) is 0.0769. The van der Waals surface area contributed by atoms with Crippen LogP contribution in [0.1, 0.15) is 11.1 Å². The van der Waals surface area contributed by atoms with Gasteiger partial charge in [-0.3, -0.25) is 14.0 Å². The number of carbonyl (C=O) groups is 1. The summed E-state index contributed by atoms with van der Waals surface area (Å²) in [5, 5.41) is 12.7. The molecule has 0 spiro atoms. The number of pyridine rings is 1. The Bertz CT molecular complexity index is 1470. The Labute approximate surface area is 200 Å². The molecule has 4 rings (SSSR count). The summed E-state index contributed by atoms with van der Waals surface area (Å²) in [7, 11) is 0. The van der Waals surface area contributed by atoms with Crippen molar-refractivity contribution in [2.75, 3.05) is 6.54 Å². The lowest BCUT2D eigenvalue weighted by Gasteiger charge is -2.11. The van der Waals surface area contributed by atoms with E-state index in [0.29, 0.717) is 23.6 Å². The van der Waals surface area contributed by atoms with E-state index in [9.17, 15) is 14.9 Å². The van der Waals surface area contributed by atoms with E-state index >= 15 is 0 Å². The third-order valence-corrected chi connectivity index (χ3v) is 5.29. The van der Waals surface area contributed by atoms with Crippen LogP contribution in [0.3, 0.4) is 0 Å². The van der Waals surface area contributed by atoms with E-state index in [-0.39, 0.29) is 22.8 Å². The van der Waals surface area contributed by atoms with Crippen LogP contribution in [0, 0.1) is 11.3 Å². The number of amides is 1. The maximum atomic E-state index is 13.2. The monoisotopic (exact) mass is 470 g/mol. The first-order chi connectivity index (χ1) is 16.6. The van der Waals surface area contributed by atoms with Gasteiger partial charge in [0.15, 0.2) is 0 Å². The summed E-state index contributed by atoms with van der Waals surface area (Å²) in [4.78, 5) is 30.3. The number of hydrogen-bond acceptors (Lipinski definition) is 5. The van der Waals surface area contributed by atoms with Crippen LogP contribution in [0.4, 0.5) is 0 Å². The van der Waals surface area contributed by atoms with Gasteiger partial charge in [-0.05, 0) is 42.3 Å². The third-order valence-electron chi connectivity index (χ3n) is 4.97. The minimum Gasteiger partial charge on any atom is -0.437 e. The first-order valence-corrected chi connectivity index (χ1v) is 10.8. The first-order valence-electron chi connectivity index (χ1n) is 10.4. The molecule has 0 radical (unpaired) electrons. The number of aromatic nitrogens is 2. The van der Waals surface area contributed by atoms with E-state index in [1.807, 2.05) is 36.4 Å². The number of benzene rings is 2. The molecular formula is C26H19ClN4O3. The quantitative estimate of drug-likeness (QED) is 0.319. The van der Waals surface area contributed by atoms with Crippen molar-refractivity contribution in [3.63, 3.8) is 0 Å². The molecule has 0 saturated heterocycles. The highest BCUT2D eigenvalue weighted by atomic mass is 35.5. The molecular weight excluding hydrogens is 452 g/mol. The third kappa shape index (κ3) is 5.14. The van der Waals surface area contributed by atoms with Crippen LogP contribution >= 0.6 is 11.6 Å². The van der Waals surface area contributed by atoms with Crippen LogP contribution < -0.4 is 15.6 Å². The molecule has 0 aliphatic carbocycles. The Hall–Kier alpha value is -4.41. The van der Waals surface area contributed by atoms with Gasteiger partial charge in [0.1, 0.15) is 28.6 Å². The molecule has 0 aliphatic rings. The van der Waals surface area contributed by atoms with Gasteiger partial charge >= 0.3 is 0 Å². The number of nitrogens with zero attached hydrogens (tertiary/aromatic N) is 3. The molecule has 0 saturated carbocycles. The Kier molecular flexibility index (Phi) is 7.01. The van der Waals surface area contributed by atoms with Crippen molar-refractivity contribution < 1.29 is 9.53 Å². The summed E-state index contributed by atoms with van der Waals surface area (Å²) in [6.45, 7) is 0.333. The lowest BCUT2D eigenvalue weighted by atomic mass is 10.1. The Morgan fingerprint density at radius 1 is 1.09 bits per heavy atom. The predicted octanol–water partition coefficient (Wildman–Crippen LogP) is 4.41. The van der Waals surface area contributed by atoms with Crippen molar-refractivity contribution in [1.29, 1.82) is 5.26 Å². The van der Waals surface area contributed by atoms with Crippen LogP contribution in [-0.4, -0.2) is 21.8 Å². The predicted molar refractivity (Wildman–Crippen MR) is 130 cm³/mol. The van der Waals surface area contributed by atoms with E-state index in [2.05, 4.69) is 10.3 Å². The highest BCUT2D eigenvalue weighted by Gasteiger charge is 2.18. The van der Waals surface area contributed by atoms with Gasteiger partial charge in [-0.1, -0.05) is 60.1 Å². The molecule has 34 heavy (non-hydrogen) atoms. The molecule has 1 N–H and O–H groups in total. The summed E-state index contributed by atoms with van der Waals surface area (Å²) in [5.74, 6) is -0.370. The normalized spacial score (nSPS) is 11.1. The summed E-state index contributed by atoms with van der Waals surface area (Å²) in [5.41, 5.74) is 0.623. The zero-order valence-electron chi connectivity index (χ0n) is 17.9. The van der Waals surface area contributed by atoms with E-state index in [1.54, 1.807) is 48.7 Å². The number of fused-ring (bicyclic) bond motifs is 1. The largest absolute Gasteiger partial charge is 0.437 e. The average molecular weight is 471 g/mol. The fourth-order valence-corrected chi connectivity index (χ4v) is 3.44. The second-order valence-corrected chi connectivity index (χ2v) is 7.67. The molecule has 8 heteroatoms. The number of nitriles is 1. The van der Waals surface area contributed by atoms with Gasteiger partial charge in [-0.15, -0.1) is 0 Å². The fourth-order valence-electron chi connectivity index (χ4n) is 3.27. The lowest BCUT2D eigenvalue weighted by Crippen LogP contribution is -2.27. The molecule has 0 unspecified atom stereocenters. The molecule has 7 nitrogen and oxygen atoms in total. The van der Waals surface area contributed by atoms with E-state index in [0.717, 1.165) is 5.56 Å². The van der Waals surface area contributed by atoms with Gasteiger partial charge < -0.3 is 10.1 Å². The van der Waals surface area contributed by atoms with Gasteiger partial charge in [0.2, 0.25) is 5.88 Å². The second kappa shape index (κ2) is 10.5. The van der Waals surface area contributed by atoms with Gasteiger partial charge in [-0.25, -0.2) is 0 Å². The Morgan fingerprint density at radius 3 is 2.59 bits per heavy atom. The van der Waals surface area contributed by atoms with Crippen molar-refractivity contribution in [2.45, 2.75) is 6.42 Å². The SMILES string of the molecule is N#C/C(=C\c1c(Oc2ccccc2Cl)nc2ccccn2c1=O)C(=O)NCCc1ccccc1. The number of halogens is 1. The molecule has 0 fully saturated rings. The number of ether oxygens (including phenoxy) is 1. The van der Waals surface area contributed by atoms with Gasteiger partial charge in [-0.2, -0.15) is 10.2 Å². The van der Waals surface area contributed by atoms with Gasteiger partial charge in [0.25, 0.3) is 11.5 Å². The summed E-state index contributed by atoms with van der Waals surface area (Å²) in [6.07, 6.45) is 3.35. The molecule has 2 heterocycles. The van der Waals surface area contributed by atoms with E-state index < -0.39 is 11.5 Å². The zero-order valence-corrected chi connectivity index (χ0v) is 18.7. The topological polar surface area (TPSA) is 96.5 Å². The number of carbonyl (C=O) groups excluding carboxylic acids is 1. The first kappa shape index (κ1) is 22.8. The summed E-state index contributed by atoms with van der Waals surface area (Å²) < 4.78 is 7.16. The highest BCUT2D eigenvalue weighted by Crippen LogP contribution is 2.29. The van der Waals surface area contributed by atoms with Crippen LogP contribution in [0.5, 0.6) is 11.6 Å². The Balaban J connectivity index is 1.68. The highest BCUT2D eigenvalue weighted by molar-refractivity contribution is 6.32. The molecule has 0 atom stereocenters. The van der Waals surface area contributed by atoms with Crippen molar-refractivity contribution in [3.05, 3.63) is 111 Å². The van der Waals surface area contributed by atoms with Crippen molar-refractivity contribution in [1.82, 2.24) is 14.7 Å². The molecule has 0 aliphatic heterocycles. The van der Waals surface area contributed by atoms with Crippen molar-refractivity contribution >= 4 is 29.2 Å². The van der Waals surface area contributed by atoms with E-state index in [1.165, 1.54) is 10.5 Å². The van der Waals surface area contributed by atoms with Crippen molar-refractivity contribution in [3.8, 4) is 17.7 Å². The van der Waals surface area contributed by atoms with Crippen LogP contribution in [0.2, 0.25) is 5.02 Å². The molecule has 2 aromatic heterocycles. The number of nitrogens with one attached hydrogen (secondary N) is 1. The number of para-hydroxylation sites is 1. The lowest BCUT2D eigenvalue weighted by molar-refractivity contribution is -0.117. The molecule has 1 amide bonds. The van der Waals surface area contributed by atoms with E-state index in [4.69, 9.17) is 16.3 Å². The van der Waals surface area contributed by atoms with Crippen molar-refractivity contribution in [2.24, 2.45) is 0 Å².